The number of fused-ring (bicyclic) bond motifs is 1. The molecule has 0 unspecified atom stereocenters. The Morgan fingerprint density at radius 2 is 2.00 bits per heavy atom. The van der Waals surface area contributed by atoms with Crippen molar-refractivity contribution in [3.63, 3.8) is 0 Å². The van der Waals surface area contributed by atoms with Crippen molar-refractivity contribution < 1.29 is 13.2 Å². The summed E-state index contributed by atoms with van der Waals surface area (Å²) in [7, 11) is 1.78. The number of imidazole rings is 1. The van der Waals surface area contributed by atoms with Crippen LogP contribution in [0.4, 0.5) is 30.8 Å². The van der Waals surface area contributed by atoms with E-state index in [9.17, 15) is 13.2 Å². The molecule has 0 aliphatic heterocycles. The normalized spacial score (nSPS) is 11.8. The van der Waals surface area contributed by atoms with E-state index < -0.39 is 11.7 Å². The Morgan fingerprint density at radius 1 is 1.12 bits per heavy atom. The van der Waals surface area contributed by atoms with Crippen LogP contribution in [0.1, 0.15) is 11.1 Å². The lowest BCUT2D eigenvalue weighted by Crippen LogP contribution is -2.09. The highest BCUT2D eigenvalue weighted by Gasteiger charge is 2.30. The third-order valence-electron chi connectivity index (χ3n) is 4.96. The summed E-state index contributed by atoms with van der Waals surface area (Å²) in [5.74, 6) is 1.38. The van der Waals surface area contributed by atoms with Gasteiger partial charge in [-0.05, 0) is 29.1 Å². The molecule has 1 aromatic carbocycles. The Kier molecular flexibility index (Phi) is 5.21. The summed E-state index contributed by atoms with van der Waals surface area (Å²) in [5, 5.41) is 14.3. The van der Waals surface area contributed by atoms with E-state index in [4.69, 9.17) is 0 Å². The highest BCUT2D eigenvalue weighted by molar-refractivity contribution is 7.08. The Bertz CT molecular complexity index is 1400. The van der Waals surface area contributed by atoms with Gasteiger partial charge in [0.15, 0.2) is 17.0 Å². The number of benzene rings is 1. The molecule has 8 nitrogen and oxygen atoms in total. The maximum absolute atomic E-state index is 13.1. The molecule has 0 saturated heterocycles. The molecule has 4 aromatic heterocycles. The number of hydrogen-bond donors (Lipinski definition) is 2. The van der Waals surface area contributed by atoms with Gasteiger partial charge in [0, 0.05) is 25.0 Å². The zero-order valence-corrected chi connectivity index (χ0v) is 18.0. The summed E-state index contributed by atoms with van der Waals surface area (Å²) in [6.45, 7) is 0.131. The molecule has 0 fully saturated rings. The summed E-state index contributed by atoms with van der Waals surface area (Å²) in [5.41, 5.74) is 1.73. The predicted molar refractivity (Wildman–Crippen MR) is 120 cm³/mol. The van der Waals surface area contributed by atoms with E-state index in [2.05, 4.69) is 30.7 Å². The first-order valence-corrected chi connectivity index (χ1v) is 10.8. The van der Waals surface area contributed by atoms with E-state index in [1.807, 2.05) is 21.4 Å². The van der Waals surface area contributed by atoms with Gasteiger partial charge >= 0.3 is 6.18 Å². The molecule has 0 saturated carbocycles. The molecule has 5 aromatic rings. The van der Waals surface area contributed by atoms with Crippen LogP contribution in [0.2, 0.25) is 0 Å². The second-order valence-corrected chi connectivity index (χ2v) is 7.96. The minimum absolute atomic E-state index is 0.131. The highest BCUT2D eigenvalue weighted by Crippen LogP contribution is 2.30. The monoisotopic (exact) mass is 470 g/mol. The van der Waals surface area contributed by atoms with E-state index in [-0.39, 0.29) is 6.54 Å². The minimum atomic E-state index is -4.41. The minimum Gasteiger partial charge on any atom is -0.364 e. The molecule has 0 aliphatic rings. The van der Waals surface area contributed by atoms with Crippen molar-refractivity contribution in [1.82, 2.24) is 29.3 Å². The fourth-order valence-electron chi connectivity index (χ4n) is 3.32. The van der Waals surface area contributed by atoms with Crippen LogP contribution in [0.5, 0.6) is 0 Å². The van der Waals surface area contributed by atoms with Crippen LogP contribution in [0.3, 0.4) is 0 Å². The number of thiophene rings is 1. The molecule has 0 aliphatic carbocycles. The van der Waals surface area contributed by atoms with E-state index in [1.165, 1.54) is 6.07 Å². The van der Waals surface area contributed by atoms with Crippen molar-refractivity contribution in [2.45, 2.75) is 12.7 Å². The van der Waals surface area contributed by atoms with Crippen LogP contribution in [-0.4, -0.2) is 29.3 Å². The molecule has 0 amide bonds. The fraction of sp³-hybridized carbons (Fsp3) is 0.143. The maximum Gasteiger partial charge on any atom is 0.416 e. The number of aromatic nitrogens is 6. The lowest BCUT2D eigenvalue weighted by Gasteiger charge is -2.12. The number of anilines is 3. The van der Waals surface area contributed by atoms with Gasteiger partial charge in [0.25, 0.3) is 0 Å². The first kappa shape index (κ1) is 20.9. The number of halogens is 3. The van der Waals surface area contributed by atoms with Crippen LogP contribution >= 0.6 is 11.3 Å². The van der Waals surface area contributed by atoms with Crippen LogP contribution in [0.15, 0.2) is 59.7 Å². The lowest BCUT2D eigenvalue weighted by molar-refractivity contribution is -0.137. The third-order valence-corrected chi connectivity index (χ3v) is 5.63. The molecule has 0 atom stereocenters. The number of rotatable bonds is 6. The second-order valence-electron chi connectivity index (χ2n) is 7.18. The number of hydrogen-bond acceptors (Lipinski definition) is 7. The van der Waals surface area contributed by atoms with E-state index in [1.54, 1.807) is 47.7 Å². The van der Waals surface area contributed by atoms with Crippen LogP contribution in [0.25, 0.3) is 16.9 Å². The number of nitrogens with one attached hydrogen (secondary N) is 2. The molecule has 2 N–H and O–H groups in total. The summed E-state index contributed by atoms with van der Waals surface area (Å²) in [6.07, 6.45) is -1.12. The molecule has 0 radical (unpaired) electrons. The van der Waals surface area contributed by atoms with Crippen molar-refractivity contribution in [3.05, 3.63) is 70.8 Å². The van der Waals surface area contributed by atoms with Gasteiger partial charge in [-0.2, -0.15) is 39.6 Å². The maximum atomic E-state index is 13.1. The van der Waals surface area contributed by atoms with Gasteiger partial charge in [-0.25, -0.2) is 4.98 Å². The Labute approximate surface area is 189 Å². The Morgan fingerprint density at radius 3 is 2.73 bits per heavy atom. The van der Waals surface area contributed by atoms with Crippen molar-refractivity contribution in [1.29, 1.82) is 0 Å². The largest absolute Gasteiger partial charge is 0.416 e. The molecule has 5 rings (SSSR count). The predicted octanol–water partition coefficient (Wildman–Crippen LogP) is 4.99. The molecule has 0 spiro atoms. The smallest absolute Gasteiger partial charge is 0.364 e. The van der Waals surface area contributed by atoms with Gasteiger partial charge in [-0.3, -0.25) is 9.25 Å². The van der Waals surface area contributed by atoms with Crippen molar-refractivity contribution in [2.75, 3.05) is 10.6 Å². The zero-order chi connectivity index (χ0) is 23.0. The molecule has 33 heavy (non-hydrogen) atoms. The first-order valence-electron chi connectivity index (χ1n) is 9.81. The van der Waals surface area contributed by atoms with Crippen LogP contribution in [0, 0.1) is 0 Å². The lowest BCUT2D eigenvalue weighted by atomic mass is 10.1. The second kappa shape index (κ2) is 8.20. The van der Waals surface area contributed by atoms with Gasteiger partial charge in [-0.15, -0.1) is 0 Å². The Balaban J connectivity index is 1.52. The highest BCUT2D eigenvalue weighted by atomic mass is 32.1. The third kappa shape index (κ3) is 4.24. The first-order chi connectivity index (χ1) is 15.9. The molecular weight excluding hydrogens is 453 g/mol. The Hall–Kier alpha value is -3.93. The van der Waals surface area contributed by atoms with Gasteiger partial charge in [0.1, 0.15) is 12.1 Å². The van der Waals surface area contributed by atoms with Gasteiger partial charge in [0.2, 0.25) is 5.95 Å². The van der Waals surface area contributed by atoms with Gasteiger partial charge in [0.05, 0.1) is 17.4 Å². The zero-order valence-electron chi connectivity index (χ0n) is 17.2. The fourth-order valence-corrected chi connectivity index (χ4v) is 3.95. The number of nitrogens with zero attached hydrogens (tertiary/aromatic N) is 6. The quantitative estimate of drug-likeness (QED) is 0.364. The molecule has 12 heteroatoms. The van der Waals surface area contributed by atoms with E-state index >= 15 is 0 Å². The molecule has 168 valence electrons. The summed E-state index contributed by atoms with van der Waals surface area (Å²) >= 11 is 1.54. The van der Waals surface area contributed by atoms with Gasteiger partial charge < -0.3 is 10.6 Å². The van der Waals surface area contributed by atoms with E-state index in [0.29, 0.717) is 34.3 Å². The van der Waals surface area contributed by atoms with Crippen molar-refractivity contribution >= 4 is 40.1 Å². The summed E-state index contributed by atoms with van der Waals surface area (Å²) in [6, 6.07) is 8.89. The molecule has 4 heterocycles. The summed E-state index contributed by atoms with van der Waals surface area (Å²) in [4.78, 5) is 13.6. The average molecular weight is 470 g/mol. The van der Waals surface area contributed by atoms with E-state index in [0.717, 1.165) is 17.8 Å². The van der Waals surface area contributed by atoms with Crippen molar-refractivity contribution in [3.8, 4) is 5.69 Å². The SMILES string of the molecule is Cn1nccc1Nc1nc(NCc2cccc(C(F)(F)F)c2)c2ncn(-c3ccsc3)c2n1. The standard InChI is InChI=1S/C21H17F3N8S/c1-31-16(5-7-27-31)28-20-29-18(25-10-13-3-2-4-14(9-13)21(22,23)24)17-19(30-20)32(12-26-17)15-6-8-33-11-15/h2-9,11-12H,10H2,1H3,(H2,25,28,29,30). The number of alkyl halides is 3. The van der Waals surface area contributed by atoms with Crippen molar-refractivity contribution in [2.24, 2.45) is 7.05 Å². The number of aryl methyl sites for hydroxylation is 1. The topological polar surface area (TPSA) is 85.5 Å². The molecular formula is C21H17F3N8S. The average Bonchev–Trinajstić information content (AvgIpc) is 3.53. The van der Waals surface area contributed by atoms with Crippen LogP contribution in [-0.2, 0) is 19.8 Å². The van der Waals surface area contributed by atoms with Crippen LogP contribution < -0.4 is 10.6 Å². The molecule has 0 bridgehead atoms. The van der Waals surface area contributed by atoms with Gasteiger partial charge in [-0.1, -0.05) is 12.1 Å². The summed E-state index contributed by atoms with van der Waals surface area (Å²) < 4.78 is 42.7.